The van der Waals surface area contributed by atoms with Crippen molar-refractivity contribution in [2.75, 3.05) is 51.3 Å². The largest absolute Gasteiger partial charge is 0.467 e. The van der Waals surface area contributed by atoms with Gasteiger partial charge in [0.1, 0.15) is 6.04 Å². The number of benzene rings is 1. The fraction of sp³-hybridized carbons (Fsp3) is 0.545. The molecule has 0 unspecified atom stereocenters. The number of carbonyl (C=O) groups excluding carboxylic acids is 2. The van der Waals surface area contributed by atoms with Gasteiger partial charge in [0.05, 0.1) is 7.11 Å². The van der Waals surface area contributed by atoms with Crippen molar-refractivity contribution in [2.45, 2.75) is 31.7 Å². The van der Waals surface area contributed by atoms with Crippen molar-refractivity contribution < 1.29 is 14.3 Å². The minimum atomic E-state index is -0.379. The molecule has 29 heavy (non-hydrogen) atoms. The smallest absolute Gasteiger partial charge is 0.328 e. The molecule has 1 amide bonds. The molecule has 156 valence electrons. The van der Waals surface area contributed by atoms with Gasteiger partial charge in [0.25, 0.3) is 0 Å². The van der Waals surface area contributed by atoms with Gasteiger partial charge in [0.15, 0.2) is 0 Å². The molecular weight excluding hydrogens is 386 g/mol. The first-order valence-electron chi connectivity index (χ1n) is 10.5. The molecule has 0 saturated carbocycles. The maximum atomic E-state index is 12.0. The summed E-state index contributed by atoms with van der Waals surface area (Å²) in [6.45, 7) is 5.91. The topological polar surface area (TPSA) is 53.1 Å². The van der Waals surface area contributed by atoms with E-state index in [1.807, 2.05) is 0 Å². The number of hydrogen-bond donors (Lipinski definition) is 0. The summed E-state index contributed by atoms with van der Waals surface area (Å²) in [6.07, 6.45) is 3.01. The standard InChI is InChI=1S/C22H29N3O3S/c1-28-22(27)19-7-8-21(26)25(19)11-3-2-10-23-12-14-24(15-13-23)18-5-4-6-20-17(18)9-16-29-20/h4-6,9,16,19H,2-3,7-8,10-15H2,1H3/t19-/m1/s1. The Kier molecular flexibility index (Phi) is 6.35. The van der Waals surface area contributed by atoms with Crippen molar-refractivity contribution in [1.82, 2.24) is 9.80 Å². The van der Waals surface area contributed by atoms with Gasteiger partial charge in [-0.2, -0.15) is 0 Å². The van der Waals surface area contributed by atoms with Gasteiger partial charge >= 0.3 is 5.97 Å². The SMILES string of the molecule is COC(=O)[C@H]1CCC(=O)N1CCCCN1CCN(c2cccc3sccc23)CC1. The average Bonchev–Trinajstić information content (AvgIpc) is 3.37. The normalized spacial score (nSPS) is 20.6. The van der Waals surface area contributed by atoms with Gasteiger partial charge in [-0.1, -0.05) is 6.07 Å². The van der Waals surface area contributed by atoms with Crippen molar-refractivity contribution in [3.8, 4) is 0 Å². The second-order valence-electron chi connectivity index (χ2n) is 7.81. The number of fused-ring (bicyclic) bond motifs is 1. The lowest BCUT2D eigenvalue weighted by molar-refractivity contribution is -0.149. The zero-order valence-corrected chi connectivity index (χ0v) is 17.8. The molecule has 1 atom stereocenters. The fourth-order valence-electron chi connectivity index (χ4n) is 4.48. The van der Waals surface area contributed by atoms with Crippen LogP contribution >= 0.6 is 11.3 Å². The van der Waals surface area contributed by atoms with Gasteiger partial charge in [-0.15, -0.1) is 11.3 Å². The number of carbonyl (C=O) groups is 2. The van der Waals surface area contributed by atoms with Crippen LogP contribution in [0.5, 0.6) is 0 Å². The molecule has 0 spiro atoms. The lowest BCUT2D eigenvalue weighted by Crippen LogP contribution is -2.46. The van der Waals surface area contributed by atoms with Crippen LogP contribution < -0.4 is 4.90 Å². The molecule has 2 fully saturated rings. The number of amides is 1. The number of nitrogens with zero attached hydrogens (tertiary/aromatic N) is 3. The number of esters is 1. The molecule has 7 heteroatoms. The van der Waals surface area contributed by atoms with Crippen molar-refractivity contribution in [3.63, 3.8) is 0 Å². The number of unbranched alkanes of at least 4 members (excludes halogenated alkanes) is 1. The van der Waals surface area contributed by atoms with Crippen LogP contribution in [0.25, 0.3) is 10.1 Å². The zero-order chi connectivity index (χ0) is 20.2. The number of piperazine rings is 1. The highest BCUT2D eigenvalue weighted by Gasteiger charge is 2.36. The second-order valence-corrected chi connectivity index (χ2v) is 8.76. The maximum absolute atomic E-state index is 12.0. The maximum Gasteiger partial charge on any atom is 0.328 e. The first kappa shape index (κ1) is 20.2. The van der Waals surface area contributed by atoms with Gasteiger partial charge < -0.3 is 14.5 Å². The number of anilines is 1. The van der Waals surface area contributed by atoms with Crippen LogP contribution in [0.4, 0.5) is 5.69 Å². The highest BCUT2D eigenvalue weighted by atomic mass is 32.1. The third kappa shape index (κ3) is 4.41. The predicted molar refractivity (Wildman–Crippen MR) is 116 cm³/mol. The molecule has 0 aliphatic carbocycles. The van der Waals surface area contributed by atoms with Crippen LogP contribution in [-0.2, 0) is 14.3 Å². The van der Waals surface area contributed by atoms with Crippen LogP contribution in [-0.4, -0.2) is 74.1 Å². The van der Waals surface area contributed by atoms with E-state index in [0.717, 1.165) is 45.6 Å². The van der Waals surface area contributed by atoms with Crippen LogP contribution in [0.2, 0.25) is 0 Å². The van der Waals surface area contributed by atoms with Crippen molar-refractivity contribution in [1.29, 1.82) is 0 Å². The summed E-state index contributed by atoms with van der Waals surface area (Å²) < 4.78 is 6.19. The molecule has 0 radical (unpaired) electrons. The molecule has 4 rings (SSSR count). The number of methoxy groups -OCH3 is 1. The number of likely N-dealkylation sites (tertiary alicyclic amines) is 1. The minimum Gasteiger partial charge on any atom is -0.467 e. The fourth-order valence-corrected chi connectivity index (χ4v) is 5.29. The Hall–Kier alpha value is -2.12. The van der Waals surface area contributed by atoms with Gasteiger partial charge in [-0.05, 0) is 49.4 Å². The summed E-state index contributed by atoms with van der Waals surface area (Å²) >= 11 is 1.80. The molecule has 6 nitrogen and oxygen atoms in total. The van der Waals surface area contributed by atoms with E-state index in [9.17, 15) is 9.59 Å². The Labute approximate surface area is 176 Å². The lowest BCUT2D eigenvalue weighted by Gasteiger charge is -2.36. The van der Waals surface area contributed by atoms with E-state index >= 15 is 0 Å². The van der Waals surface area contributed by atoms with E-state index in [2.05, 4.69) is 39.4 Å². The Morgan fingerprint density at radius 1 is 1.14 bits per heavy atom. The van der Waals surface area contributed by atoms with E-state index in [0.29, 0.717) is 19.4 Å². The van der Waals surface area contributed by atoms with Gasteiger partial charge in [0, 0.05) is 54.9 Å². The monoisotopic (exact) mass is 415 g/mol. The molecule has 0 bridgehead atoms. The number of thiophene rings is 1. The third-order valence-corrected chi connectivity index (χ3v) is 6.99. The molecule has 1 aromatic heterocycles. The third-order valence-electron chi connectivity index (χ3n) is 6.11. The molecule has 0 N–H and O–H groups in total. The zero-order valence-electron chi connectivity index (χ0n) is 17.0. The molecule has 2 aromatic rings. The Morgan fingerprint density at radius 2 is 1.93 bits per heavy atom. The molecule has 3 heterocycles. The second kappa shape index (κ2) is 9.13. The lowest BCUT2D eigenvalue weighted by atomic mass is 10.1. The van der Waals surface area contributed by atoms with Crippen LogP contribution in [0, 0.1) is 0 Å². The highest BCUT2D eigenvalue weighted by Crippen LogP contribution is 2.31. The van der Waals surface area contributed by atoms with E-state index in [1.54, 1.807) is 16.2 Å². The summed E-state index contributed by atoms with van der Waals surface area (Å²) in [5.41, 5.74) is 1.35. The quantitative estimate of drug-likeness (QED) is 0.514. The highest BCUT2D eigenvalue weighted by molar-refractivity contribution is 7.17. The summed E-state index contributed by atoms with van der Waals surface area (Å²) in [5, 5.41) is 3.53. The molecule has 2 aliphatic rings. The van der Waals surface area contributed by atoms with Crippen LogP contribution in [0.1, 0.15) is 25.7 Å². The van der Waals surface area contributed by atoms with E-state index in [-0.39, 0.29) is 17.9 Å². The van der Waals surface area contributed by atoms with E-state index in [1.165, 1.54) is 22.9 Å². The summed E-state index contributed by atoms with van der Waals surface area (Å²) in [5.74, 6) is -0.204. The van der Waals surface area contributed by atoms with Gasteiger partial charge in [-0.25, -0.2) is 4.79 Å². The first-order chi connectivity index (χ1) is 14.2. The summed E-state index contributed by atoms with van der Waals surface area (Å²) in [7, 11) is 1.39. The predicted octanol–water partition coefficient (Wildman–Crippen LogP) is 2.97. The molecular formula is C22H29N3O3S. The van der Waals surface area contributed by atoms with Crippen LogP contribution in [0.15, 0.2) is 29.6 Å². The number of rotatable bonds is 7. The Morgan fingerprint density at radius 3 is 2.72 bits per heavy atom. The Balaban J connectivity index is 1.21. The average molecular weight is 416 g/mol. The molecule has 1 aromatic carbocycles. The first-order valence-corrected chi connectivity index (χ1v) is 11.4. The Bertz CT molecular complexity index is 860. The van der Waals surface area contributed by atoms with Crippen molar-refractivity contribution >= 4 is 39.0 Å². The van der Waals surface area contributed by atoms with Crippen molar-refractivity contribution in [2.24, 2.45) is 0 Å². The number of ether oxygens (including phenoxy) is 1. The molecule has 2 saturated heterocycles. The summed E-state index contributed by atoms with van der Waals surface area (Å²) in [6, 6.07) is 8.42. The van der Waals surface area contributed by atoms with E-state index in [4.69, 9.17) is 4.74 Å². The van der Waals surface area contributed by atoms with Gasteiger partial charge in [0.2, 0.25) is 5.91 Å². The van der Waals surface area contributed by atoms with Gasteiger partial charge in [-0.3, -0.25) is 9.69 Å². The molecule has 2 aliphatic heterocycles. The summed E-state index contributed by atoms with van der Waals surface area (Å²) in [4.78, 5) is 30.6. The van der Waals surface area contributed by atoms with E-state index < -0.39 is 0 Å². The number of hydrogen-bond acceptors (Lipinski definition) is 6. The van der Waals surface area contributed by atoms with Crippen molar-refractivity contribution in [3.05, 3.63) is 29.6 Å². The minimum absolute atomic E-state index is 0.0802. The van der Waals surface area contributed by atoms with Crippen LogP contribution in [0.3, 0.4) is 0 Å².